The van der Waals surface area contributed by atoms with Crippen LogP contribution >= 0.6 is 0 Å². The second-order valence-corrected chi connectivity index (χ2v) is 8.15. The fraction of sp³-hybridized carbons (Fsp3) is 0.435. The normalized spacial score (nSPS) is 28.7. The molecule has 1 aliphatic carbocycles. The van der Waals surface area contributed by atoms with E-state index in [2.05, 4.69) is 10.6 Å². The number of amides is 1. The van der Waals surface area contributed by atoms with E-state index in [1.165, 1.54) is 0 Å². The molecule has 2 saturated heterocycles. The summed E-state index contributed by atoms with van der Waals surface area (Å²) in [7, 11) is 0. The predicted octanol–water partition coefficient (Wildman–Crippen LogP) is 2.12. The lowest BCUT2D eigenvalue weighted by Crippen LogP contribution is -2.46. The maximum atomic E-state index is 12.0. The van der Waals surface area contributed by atoms with Gasteiger partial charge in [-0.2, -0.15) is 0 Å². The van der Waals surface area contributed by atoms with Crippen molar-refractivity contribution in [3.63, 3.8) is 0 Å². The number of carbonyl (C=O) groups excluding carboxylic acids is 1. The third-order valence-electron chi connectivity index (χ3n) is 5.88. The zero-order valence-electron chi connectivity index (χ0n) is 16.6. The monoisotopic (exact) mass is 410 g/mol. The first kappa shape index (κ1) is 19.5. The lowest BCUT2D eigenvalue weighted by Gasteiger charge is -2.22. The average Bonchev–Trinajstić information content (AvgIpc) is 3.44. The standard InChI is InChI=1S/C23H26N2O5/c26-22(14-6-7-14)24-18-12-28-21-19(13-29-20(18)21)25-23(27)15-8-10-17(11-9-15)30-16-4-2-1-3-5-16/h1-5,8-11,14,18-21,23,25,27H,6-7,12-13H2,(H,24,26). The van der Waals surface area contributed by atoms with Crippen molar-refractivity contribution < 1.29 is 24.1 Å². The smallest absolute Gasteiger partial charge is 0.223 e. The Morgan fingerprint density at radius 1 is 0.933 bits per heavy atom. The summed E-state index contributed by atoms with van der Waals surface area (Å²) < 4.78 is 17.6. The lowest BCUT2D eigenvalue weighted by atomic mass is 10.1. The van der Waals surface area contributed by atoms with Crippen LogP contribution in [0.2, 0.25) is 0 Å². The van der Waals surface area contributed by atoms with Crippen LogP contribution in [-0.2, 0) is 14.3 Å². The van der Waals surface area contributed by atoms with Crippen LogP contribution in [0.5, 0.6) is 11.5 Å². The number of benzene rings is 2. The molecule has 5 atom stereocenters. The van der Waals surface area contributed by atoms with Gasteiger partial charge in [0.2, 0.25) is 5.91 Å². The van der Waals surface area contributed by atoms with E-state index < -0.39 is 6.23 Å². The Labute approximate surface area is 175 Å². The number of hydrogen-bond acceptors (Lipinski definition) is 6. The van der Waals surface area contributed by atoms with Crippen LogP contribution in [0, 0.1) is 5.92 Å². The van der Waals surface area contributed by atoms with E-state index in [4.69, 9.17) is 14.2 Å². The van der Waals surface area contributed by atoms with Crippen LogP contribution in [0.25, 0.3) is 0 Å². The summed E-state index contributed by atoms with van der Waals surface area (Å²) in [6, 6.07) is 16.6. The SMILES string of the molecule is O=C(NC1COC2C(NC(O)c3ccc(Oc4ccccc4)cc3)COC12)C1CC1. The van der Waals surface area contributed by atoms with Gasteiger partial charge in [0.15, 0.2) is 0 Å². The summed E-state index contributed by atoms with van der Waals surface area (Å²) >= 11 is 0. The van der Waals surface area contributed by atoms with E-state index in [-0.39, 0.29) is 36.1 Å². The van der Waals surface area contributed by atoms with Gasteiger partial charge in [0.05, 0.1) is 25.3 Å². The highest BCUT2D eigenvalue weighted by atomic mass is 16.6. The molecular weight excluding hydrogens is 384 g/mol. The van der Waals surface area contributed by atoms with Gasteiger partial charge >= 0.3 is 0 Å². The molecular formula is C23H26N2O5. The second-order valence-electron chi connectivity index (χ2n) is 8.15. The first-order valence-electron chi connectivity index (χ1n) is 10.5. The molecule has 2 aliphatic heterocycles. The molecule has 3 aliphatic rings. The van der Waals surface area contributed by atoms with Crippen molar-refractivity contribution in [2.75, 3.05) is 13.2 Å². The minimum atomic E-state index is -0.855. The number of fused-ring (bicyclic) bond motifs is 1. The van der Waals surface area contributed by atoms with Gasteiger partial charge in [0.25, 0.3) is 0 Å². The summed E-state index contributed by atoms with van der Waals surface area (Å²) in [5.41, 5.74) is 0.732. The van der Waals surface area contributed by atoms with Crippen molar-refractivity contribution in [1.82, 2.24) is 10.6 Å². The van der Waals surface area contributed by atoms with Crippen molar-refractivity contribution in [2.45, 2.75) is 43.4 Å². The Hall–Kier alpha value is -2.45. The molecule has 3 fully saturated rings. The first-order chi connectivity index (χ1) is 14.7. The van der Waals surface area contributed by atoms with E-state index in [1.54, 1.807) is 0 Å². The molecule has 5 rings (SSSR count). The van der Waals surface area contributed by atoms with E-state index >= 15 is 0 Å². The van der Waals surface area contributed by atoms with Crippen LogP contribution in [-0.4, -0.2) is 48.5 Å². The second kappa shape index (κ2) is 8.35. The van der Waals surface area contributed by atoms with Gasteiger partial charge < -0.3 is 24.6 Å². The Kier molecular flexibility index (Phi) is 5.43. The molecule has 0 aromatic heterocycles. The zero-order valence-corrected chi connectivity index (χ0v) is 16.6. The number of ether oxygens (including phenoxy) is 3. The maximum absolute atomic E-state index is 12.0. The van der Waals surface area contributed by atoms with E-state index in [0.717, 1.165) is 24.2 Å². The predicted molar refractivity (Wildman–Crippen MR) is 109 cm³/mol. The molecule has 1 amide bonds. The van der Waals surface area contributed by atoms with Gasteiger partial charge in [0.1, 0.15) is 29.9 Å². The number of hydrogen-bond donors (Lipinski definition) is 3. The Bertz CT molecular complexity index is 871. The topological polar surface area (TPSA) is 89.1 Å². The number of aliphatic hydroxyl groups excluding tert-OH is 1. The van der Waals surface area contributed by atoms with Crippen molar-refractivity contribution in [3.05, 3.63) is 60.2 Å². The Morgan fingerprint density at radius 3 is 2.27 bits per heavy atom. The molecule has 1 saturated carbocycles. The van der Waals surface area contributed by atoms with Gasteiger partial charge in [0, 0.05) is 5.92 Å². The van der Waals surface area contributed by atoms with E-state index in [1.807, 2.05) is 54.6 Å². The Morgan fingerprint density at radius 2 is 1.57 bits per heavy atom. The number of rotatable bonds is 7. The minimum Gasteiger partial charge on any atom is -0.457 e. The number of para-hydroxylation sites is 1. The fourth-order valence-electron chi connectivity index (χ4n) is 4.05. The lowest BCUT2D eigenvalue weighted by molar-refractivity contribution is -0.123. The number of carbonyl (C=O) groups is 1. The minimum absolute atomic E-state index is 0.0992. The first-order valence-corrected chi connectivity index (χ1v) is 10.5. The van der Waals surface area contributed by atoms with Crippen molar-refractivity contribution >= 4 is 5.91 Å². The highest BCUT2D eigenvalue weighted by molar-refractivity contribution is 5.81. The Balaban J connectivity index is 1.16. The quantitative estimate of drug-likeness (QED) is 0.606. The van der Waals surface area contributed by atoms with Crippen LogP contribution in [0.1, 0.15) is 24.6 Å². The van der Waals surface area contributed by atoms with Gasteiger partial charge in [-0.25, -0.2) is 0 Å². The summed E-state index contributed by atoms with van der Waals surface area (Å²) in [6.45, 7) is 0.866. The molecule has 7 heteroatoms. The van der Waals surface area contributed by atoms with Crippen LogP contribution < -0.4 is 15.4 Å². The van der Waals surface area contributed by atoms with Crippen LogP contribution in [0.3, 0.4) is 0 Å². The highest BCUT2D eigenvalue weighted by Crippen LogP contribution is 2.32. The van der Waals surface area contributed by atoms with Crippen molar-refractivity contribution in [1.29, 1.82) is 0 Å². The number of nitrogens with one attached hydrogen (secondary N) is 2. The third-order valence-corrected chi connectivity index (χ3v) is 5.88. The molecule has 3 N–H and O–H groups in total. The maximum Gasteiger partial charge on any atom is 0.223 e. The number of aliphatic hydroxyl groups is 1. The molecule has 158 valence electrons. The molecule has 0 bridgehead atoms. The molecule has 0 radical (unpaired) electrons. The summed E-state index contributed by atoms with van der Waals surface area (Å²) in [5, 5.41) is 16.9. The van der Waals surface area contributed by atoms with E-state index in [9.17, 15) is 9.90 Å². The van der Waals surface area contributed by atoms with Crippen LogP contribution in [0.15, 0.2) is 54.6 Å². The molecule has 2 heterocycles. The molecule has 0 spiro atoms. The highest BCUT2D eigenvalue weighted by Gasteiger charge is 2.49. The summed E-state index contributed by atoms with van der Waals surface area (Å²) in [4.78, 5) is 12.0. The average molecular weight is 410 g/mol. The van der Waals surface area contributed by atoms with Crippen LogP contribution in [0.4, 0.5) is 0 Å². The van der Waals surface area contributed by atoms with Crippen molar-refractivity contribution in [3.8, 4) is 11.5 Å². The summed E-state index contributed by atoms with van der Waals surface area (Å²) in [5.74, 6) is 1.73. The van der Waals surface area contributed by atoms with E-state index in [0.29, 0.717) is 19.0 Å². The molecule has 2 aromatic carbocycles. The van der Waals surface area contributed by atoms with Gasteiger partial charge in [-0.1, -0.05) is 30.3 Å². The molecule has 2 aromatic rings. The van der Waals surface area contributed by atoms with Gasteiger partial charge in [-0.15, -0.1) is 0 Å². The van der Waals surface area contributed by atoms with Gasteiger partial charge in [-0.3, -0.25) is 10.1 Å². The third kappa shape index (κ3) is 4.20. The van der Waals surface area contributed by atoms with Crippen molar-refractivity contribution in [2.24, 2.45) is 5.92 Å². The summed E-state index contributed by atoms with van der Waals surface area (Å²) in [6.07, 6.45) is 0.718. The molecule has 5 unspecified atom stereocenters. The fourth-order valence-corrected chi connectivity index (χ4v) is 4.05. The molecule has 7 nitrogen and oxygen atoms in total. The van der Waals surface area contributed by atoms with Gasteiger partial charge in [-0.05, 0) is 42.7 Å². The largest absolute Gasteiger partial charge is 0.457 e. The molecule has 30 heavy (non-hydrogen) atoms. The zero-order chi connectivity index (χ0) is 20.5.